The van der Waals surface area contributed by atoms with Crippen molar-refractivity contribution in [2.45, 2.75) is 24.2 Å². The number of hydrogen-bond acceptors (Lipinski definition) is 4. The van der Waals surface area contributed by atoms with Gasteiger partial charge in [0.2, 0.25) is 10.0 Å². The first kappa shape index (κ1) is 21.9. The van der Waals surface area contributed by atoms with E-state index >= 15 is 0 Å². The molecule has 2 rings (SSSR count). The van der Waals surface area contributed by atoms with Crippen LogP contribution in [0.2, 0.25) is 0 Å². The van der Waals surface area contributed by atoms with E-state index in [-0.39, 0.29) is 24.0 Å². The third-order valence-electron chi connectivity index (χ3n) is 3.71. The summed E-state index contributed by atoms with van der Waals surface area (Å²) in [5, 5.41) is 2.69. The van der Waals surface area contributed by atoms with Crippen molar-refractivity contribution < 1.29 is 31.1 Å². The number of alkyl halides is 3. The minimum atomic E-state index is -4.38. The Hall–Kier alpha value is -2.43. The second kappa shape index (κ2) is 9.18. The zero-order valence-corrected chi connectivity index (χ0v) is 15.7. The van der Waals surface area contributed by atoms with Gasteiger partial charge in [0, 0.05) is 12.1 Å². The summed E-state index contributed by atoms with van der Waals surface area (Å²) in [5.74, 6) is -0.366. The highest BCUT2D eigenvalue weighted by Gasteiger charge is 2.27. The number of rotatable bonds is 8. The van der Waals surface area contributed by atoms with Crippen LogP contribution in [0.25, 0.3) is 0 Å². The molecule has 1 amide bonds. The largest absolute Gasteiger partial charge is 0.411 e. The summed E-state index contributed by atoms with van der Waals surface area (Å²) in [5.41, 5.74) is 1.57. The van der Waals surface area contributed by atoms with Gasteiger partial charge in [-0.25, -0.2) is 13.1 Å². The topological polar surface area (TPSA) is 84.5 Å². The minimum absolute atomic E-state index is 0.119. The lowest BCUT2D eigenvalue weighted by molar-refractivity contribution is -0.176. The Morgan fingerprint density at radius 3 is 2.11 bits per heavy atom. The Morgan fingerprint density at radius 2 is 1.57 bits per heavy atom. The maximum Gasteiger partial charge on any atom is 0.411 e. The zero-order valence-electron chi connectivity index (χ0n) is 14.9. The van der Waals surface area contributed by atoms with E-state index in [1.54, 1.807) is 12.1 Å². The molecule has 0 aromatic heterocycles. The standard InChI is InChI=1S/C18H19F3N2O4S/c1-22-28(25,26)16-8-4-13(5-9-16)10-23-17(24)15-6-2-14(3-7-15)11-27-12-18(19,20)21/h2-9,22H,10-12H2,1H3,(H,23,24). The number of benzene rings is 2. The van der Waals surface area contributed by atoms with Gasteiger partial charge in [0.1, 0.15) is 6.61 Å². The van der Waals surface area contributed by atoms with E-state index in [2.05, 4.69) is 14.8 Å². The quantitative estimate of drug-likeness (QED) is 0.693. The van der Waals surface area contributed by atoms with Crippen LogP contribution in [0.1, 0.15) is 21.5 Å². The van der Waals surface area contributed by atoms with Crippen molar-refractivity contribution in [2.24, 2.45) is 0 Å². The molecule has 0 bridgehead atoms. The van der Waals surface area contributed by atoms with E-state index in [4.69, 9.17) is 0 Å². The molecule has 0 heterocycles. The number of ether oxygens (including phenoxy) is 1. The SMILES string of the molecule is CNS(=O)(=O)c1ccc(CNC(=O)c2ccc(COCC(F)(F)F)cc2)cc1. The highest BCUT2D eigenvalue weighted by Crippen LogP contribution is 2.16. The molecule has 6 nitrogen and oxygen atoms in total. The lowest BCUT2D eigenvalue weighted by atomic mass is 10.1. The van der Waals surface area contributed by atoms with Crippen LogP contribution < -0.4 is 10.0 Å². The van der Waals surface area contributed by atoms with Gasteiger partial charge in [-0.05, 0) is 42.4 Å². The second-order valence-corrected chi connectivity index (χ2v) is 7.73. The first-order valence-corrected chi connectivity index (χ1v) is 9.63. The Bertz CT molecular complexity index is 896. The number of sulfonamides is 1. The summed E-state index contributed by atoms with van der Waals surface area (Å²) < 4.78 is 66.2. The van der Waals surface area contributed by atoms with E-state index in [9.17, 15) is 26.4 Å². The van der Waals surface area contributed by atoms with Crippen LogP contribution in [0, 0.1) is 0 Å². The van der Waals surface area contributed by atoms with Gasteiger partial charge in [-0.1, -0.05) is 24.3 Å². The molecule has 2 aromatic rings. The van der Waals surface area contributed by atoms with Gasteiger partial charge in [-0.2, -0.15) is 13.2 Å². The number of hydrogen-bond donors (Lipinski definition) is 2. The molecule has 0 atom stereocenters. The van der Waals surface area contributed by atoms with Gasteiger partial charge < -0.3 is 10.1 Å². The van der Waals surface area contributed by atoms with Crippen LogP contribution in [0.15, 0.2) is 53.4 Å². The normalized spacial score (nSPS) is 12.0. The average molecular weight is 416 g/mol. The molecule has 2 N–H and O–H groups in total. The Kier molecular flexibility index (Phi) is 7.17. The predicted octanol–water partition coefficient (Wildman–Crippen LogP) is 2.60. The predicted molar refractivity (Wildman–Crippen MR) is 96.0 cm³/mol. The first-order chi connectivity index (χ1) is 13.1. The van der Waals surface area contributed by atoms with Gasteiger partial charge in [0.25, 0.3) is 5.91 Å². The van der Waals surface area contributed by atoms with E-state index < -0.39 is 22.8 Å². The average Bonchev–Trinajstić information content (AvgIpc) is 2.66. The smallest absolute Gasteiger partial charge is 0.367 e. The lowest BCUT2D eigenvalue weighted by Crippen LogP contribution is -2.23. The van der Waals surface area contributed by atoms with E-state index in [1.165, 1.54) is 43.4 Å². The number of halogens is 3. The van der Waals surface area contributed by atoms with Crippen molar-refractivity contribution in [3.8, 4) is 0 Å². The molecule has 0 saturated carbocycles. The van der Waals surface area contributed by atoms with Gasteiger partial charge in [0.15, 0.2) is 0 Å². The Morgan fingerprint density at radius 1 is 1.00 bits per heavy atom. The summed E-state index contributed by atoms with van der Waals surface area (Å²) in [6, 6.07) is 12.1. The lowest BCUT2D eigenvalue weighted by Gasteiger charge is -2.09. The van der Waals surface area contributed by atoms with Gasteiger partial charge >= 0.3 is 6.18 Å². The van der Waals surface area contributed by atoms with Crippen molar-refractivity contribution in [2.75, 3.05) is 13.7 Å². The zero-order chi connectivity index (χ0) is 20.8. The van der Waals surface area contributed by atoms with E-state index in [1.807, 2.05) is 0 Å². The van der Waals surface area contributed by atoms with Crippen LogP contribution in [-0.4, -0.2) is 34.2 Å². The molecule has 152 valence electrons. The second-order valence-electron chi connectivity index (χ2n) is 5.84. The summed E-state index contributed by atoms with van der Waals surface area (Å²) >= 11 is 0. The van der Waals surface area contributed by atoms with Gasteiger partial charge in [-0.15, -0.1) is 0 Å². The molecule has 0 fully saturated rings. The number of carbonyl (C=O) groups is 1. The summed E-state index contributed by atoms with van der Waals surface area (Å²) in [7, 11) is -2.20. The number of nitrogens with one attached hydrogen (secondary N) is 2. The highest BCUT2D eigenvalue weighted by atomic mass is 32.2. The van der Waals surface area contributed by atoms with Crippen molar-refractivity contribution in [3.05, 3.63) is 65.2 Å². The fourth-order valence-electron chi connectivity index (χ4n) is 2.23. The summed E-state index contributed by atoms with van der Waals surface area (Å²) in [6.07, 6.45) is -4.38. The Labute approximate surface area is 160 Å². The molecule has 0 saturated heterocycles. The van der Waals surface area contributed by atoms with Gasteiger partial charge in [0.05, 0.1) is 11.5 Å². The molecule has 0 aliphatic carbocycles. The monoisotopic (exact) mass is 416 g/mol. The molecule has 28 heavy (non-hydrogen) atoms. The molecular formula is C18H19F3N2O4S. The first-order valence-electron chi connectivity index (χ1n) is 8.15. The molecule has 0 radical (unpaired) electrons. The van der Waals surface area contributed by atoms with Crippen LogP contribution in [-0.2, 0) is 27.9 Å². The fraction of sp³-hybridized carbons (Fsp3) is 0.278. The molecule has 0 aliphatic rings. The molecule has 0 unspecified atom stereocenters. The van der Waals surface area contributed by atoms with Crippen molar-refractivity contribution in [3.63, 3.8) is 0 Å². The number of carbonyl (C=O) groups excluding carboxylic acids is 1. The van der Waals surface area contributed by atoms with Crippen LogP contribution >= 0.6 is 0 Å². The maximum atomic E-state index is 12.2. The van der Waals surface area contributed by atoms with Crippen LogP contribution in [0.3, 0.4) is 0 Å². The van der Waals surface area contributed by atoms with E-state index in [0.717, 1.165) is 0 Å². The van der Waals surface area contributed by atoms with Gasteiger partial charge in [-0.3, -0.25) is 4.79 Å². The highest BCUT2D eigenvalue weighted by molar-refractivity contribution is 7.89. The molecule has 2 aromatic carbocycles. The minimum Gasteiger partial charge on any atom is -0.367 e. The molecule has 0 aliphatic heterocycles. The molecule has 0 spiro atoms. The fourth-order valence-corrected chi connectivity index (χ4v) is 2.96. The van der Waals surface area contributed by atoms with E-state index in [0.29, 0.717) is 16.7 Å². The summed E-state index contributed by atoms with van der Waals surface area (Å²) in [6.45, 7) is -1.35. The number of amides is 1. The van der Waals surface area contributed by atoms with Crippen molar-refractivity contribution >= 4 is 15.9 Å². The summed E-state index contributed by atoms with van der Waals surface area (Å²) in [4.78, 5) is 12.3. The Balaban J connectivity index is 1.87. The third kappa shape index (κ3) is 6.63. The maximum absolute atomic E-state index is 12.2. The van der Waals surface area contributed by atoms with Crippen LogP contribution in [0.5, 0.6) is 0 Å². The third-order valence-corrected chi connectivity index (χ3v) is 5.14. The van der Waals surface area contributed by atoms with Crippen molar-refractivity contribution in [1.29, 1.82) is 0 Å². The van der Waals surface area contributed by atoms with Crippen molar-refractivity contribution in [1.82, 2.24) is 10.0 Å². The molecule has 10 heteroatoms. The van der Waals surface area contributed by atoms with Crippen LogP contribution in [0.4, 0.5) is 13.2 Å². The molecular weight excluding hydrogens is 397 g/mol.